The number of hydrogen-bond acceptors (Lipinski definition) is 3. The number of benzene rings is 1. The van der Waals surface area contributed by atoms with Gasteiger partial charge in [-0.3, -0.25) is 4.79 Å². The molecular weight excluding hydrogens is 270 g/mol. The van der Waals surface area contributed by atoms with Gasteiger partial charge in [-0.1, -0.05) is 15.9 Å². The van der Waals surface area contributed by atoms with E-state index in [2.05, 4.69) is 20.9 Å². The summed E-state index contributed by atoms with van der Waals surface area (Å²) in [7, 11) is 1.78. The first-order chi connectivity index (χ1) is 7.58. The Kier molecular flexibility index (Phi) is 2.78. The van der Waals surface area contributed by atoms with E-state index in [1.54, 1.807) is 42.2 Å². The first-order valence-electron chi connectivity index (χ1n) is 4.66. The monoisotopic (exact) mass is 279 g/mol. The standard InChI is InChI=1S/C11H10BrN3O/c1-15-3-2-14-11(15)10(16)7-4-8(12)6-9(13)5-7/h2-6H,13H2,1H3. The van der Waals surface area contributed by atoms with Gasteiger partial charge in [0.2, 0.25) is 5.78 Å². The van der Waals surface area contributed by atoms with Gasteiger partial charge in [0.1, 0.15) is 0 Å². The van der Waals surface area contributed by atoms with Crippen molar-refractivity contribution in [1.29, 1.82) is 0 Å². The minimum Gasteiger partial charge on any atom is -0.399 e. The summed E-state index contributed by atoms with van der Waals surface area (Å²) in [4.78, 5) is 16.1. The number of aryl methyl sites for hydroxylation is 1. The highest BCUT2D eigenvalue weighted by atomic mass is 79.9. The summed E-state index contributed by atoms with van der Waals surface area (Å²) in [5.74, 6) is 0.262. The average Bonchev–Trinajstić information content (AvgIpc) is 2.62. The molecule has 2 N–H and O–H groups in total. The van der Waals surface area contributed by atoms with Crippen molar-refractivity contribution in [3.63, 3.8) is 0 Å². The fraction of sp³-hybridized carbons (Fsp3) is 0.0909. The summed E-state index contributed by atoms with van der Waals surface area (Å²) in [6.45, 7) is 0. The summed E-state index contributed by atoms with van der Waals surface area (Å²) in [6.07, 6.45) is 3.32. The van der Waals surface area contributed by atoms with Crippen molar-refractivity contribution in [3.8, 4) is 0 Å². The van der Waals surface area contributed by atoms with Gasteiger partial charge in [-0.15, -0.1) is 0 Å². The molecule has 0 bridgehead atoms. The molecule has 0 amide bonds. The molecule has 2 rings (SSSR count). The Bertz CT molecular complexity index is 528. The Morgan fingerprint density at radius 3 is 2.75 bits per heavy atom. The van der Waals surface area contributed by atoms with Crippen LogP contribution in [0.1, 0.15) is 16.2 Å². The first-order valence-corrected chi connectivity index (χ1v) is 5.45. The Morgan fingerprint density at radius 1 is 1.44 bits per heavy atom. The molecule has 16 heavy (non-hydrogen) atoms. The van der Waals surface area contributed by atoms with Crippen LogP contribution in [0.5, 0.6) is 0 Å². The van der Waals surface area contributed by atoms with Crippen molar-refractivity contribution < 1.29 is 4.79 Å². The lowest BCUT2D eigenvalue weighted by atomic mass is 10.1. The van der Waals surface area contributed by atoms with Crippen LogP contribution in [-0.4, -0.2) is 15.3 Å². The molecule has 0 radical (unpaired) electrons. The van der Waals surface area contributed by atoms with E-state index in [0.717, 1.165) is 4.47 Å². The second-order valence-corrected chi connectivity index (χ2v) is 4.38. The second-order valence-electron chi connectivity index (χ2n) is 3.46. The number of anilines is 1. The van der Waals surface area contributed by atoms with E-state index < -0.39 is 0 Å². The van der Waals surface area contributed by atoms with E-state index in [0.29, 0.717) is 17.1 Å². The number of nitrogens with two attached hydrogens (primary N) is 1. The molecule has 0 fully saturated rings. The van der Waals surface area contributed by atoms with Crippen LogP contribution < -0.4 is 5.73 Å². The number of nitrogens with zero attached hydrogens (tertiary/aromatic N) is 2. The third kappa shape index (κ3) is 1.99. The second kappa shape index (κ2) is 4.09. The molecule has 4 nitrogen and oxygen atoms in total. The minimum absolute atomic E-state index is 0.138. The van der Waals surface area contributed by atoms with Gasteiger partial charge in [-0.25, -0.2) is 4.98 Å². The van der Waals surface area contributed by atoms with E-state index >= 15 is 0 Å². The summed E-state index contributed by atoms with van der Waals surface area (Å²) < 4.78 is 2.46. The molecule has 0 aliphatic rings. The Labute approximate surface area is 101 Å². The van der Waals surface area contributed by atoms with Crippen LogP contribution in [0.25, 0.3) is 0 Å². The average molecular weight is 280 g/mol. The van der Waals surface area contributed by atoms with Crippen molar-refractivity contribution in [2.75, 3.05) is 5.73 Å². The highest BCUT2D eigenvalue weighted by molar-refractivity contribution is 9.10. The predicted octanol–water partition coefficient (Wildman–Crippen LogP) is 2.00. The van der Waals surface area contributed by atoms with Crippen molar-refractivity contribution >= 4 is 27.4 Å². The molecule has 0 aliphatic carbocycles. The van der Waals surface area contributed by atoms with E-state index in [-0.39, 0.29) is 5.78 Å². The topological polar surface area (TPSA) is 60.9 Å². The highest BCUT2D eigenvalue weighted by Crippen LogP contribution is 2.19. The number of nitrogen functional groups attached to an aromatic ring is 1. The van der Waals surface area contributed by atoms with Gasteiger partial charge < -0.3 is 10.3 Å². The molecule has 2 aromatic rings. The van der Waals surface area contributed by atoms with Gasteiger partial charge in [-0.2, -0.15) is 0 Å². The minimum atomic E-state index is -0.138. The van der Waals surface area contributed by atoms with Crippen LogP contribution >= 0.6 is 15.9 Å². The summed E-state index contributed by atoms with van der Waals surface area (Å²) in [5, 5.41) is 0. The smallest absolute Gasteiger partial charge is 0.228 e. The Hall–Kier alpha value is -1.62. The summed E-state index contributed by atoms with van der Waals surface area (Å²) in [6, 6.07) is 5.12. The van der Waals surface area contributed by atoms with Gasteiger partial charge in [0, 0.05) is 35.2 Å². The van der Waals surface area contributed by atoms with Crippen LogP contribution in [0.4, 0.5) is 5.69 Å². The molecule has 5 heteroatoms. The number of halogens is 1. The molecule has 0 atom stereocenters. The zero-order valence-corrected chi connectivity index (χ0v) is 10.2. The maximum Gasteiger partial charge on any atom is 0.228 e. The van der Waals surface area contributed by atoms with Gasteiger partial charge in [-0.05, 0) is 18.2 Å². The van der Waals surface area contributed by atoms with Crippen molar-refractivity contribution in [3.05, 3.63) is 46.5 Å². The van der Waals surface area contributed by atoms with Crippen LogP contribution in [0.2, 0.25) is 0 Å². The largest absolute Gasteiger partial charge is 0.399 e. The lowest BCUT2D eigenvalue weighted by Crippen LogP contribution is -2.09. The Morgan fingerprint density at radius 2 is 2.19 bits per heavy atom. The molecule has 0 aliphatic heterocycles. The number of ketones is 1. The Balaban J connectivity index is 2.45. The predicted molar refractivity (Wildman–Crippen MR) is 65.2 cm³/mol. The third-order valence-corrected chi connectivity index (χ3v) is 2.66. The third-order valence-electron chi connectivity index (χ3n) is 2.21. The normalized spacial score (nSPS) is 10.4. The maximum atomic E-state index is 12.1. The quantitative estimate of drug-likeness (QED) is 0.676. The maximum absolute atomic E-state index is 12.1. The molecule has 82 valence electrons. The van der Waals surface area contributed by atoms with Gasteiger partial charge in [0.05, 0.1) is 0 Å². The highest BCUT2D eigenvalue weighted by Gasteiger charge is 2.14. The van der Waals surface area contributed by atoms with E-state index in [4.69, 9.17) is 5.73 Å². The number of rotatable bonds is 2. The number of hydrogen-bond donors (Lipinski definition) is 1. The van der Waals surface area contributed by atoms with Crippen LogP contribution in [0, 0.1) is 0 Å². The molecule has 0 saturated heterocycles. The van der Waals surface area contributed by atoms with Gasteiger partial charge in [0.15, 0.2) is 5.82 Å². The number of aromatic nitrogens is 2. The molecular formula is C11H10BrN3O. The zero-order chi connectivity index (χ0) is 11.7. The number of carbonyl (C=O) groups is 1. The molecule has 1 heterocycles. The lowest BCUT2D eigenvalue weighted by Gasteiger charge is -2.03. The molecule has 0 spiro atoms. The number of imidazole rings is 1. The fourth-order valence-electron chi connectivity index (χ4n) is 1.46. The SMILES string of the molecule is Cn1ccnc1C(=O)c1cc(N)cc(Br)c1. The molecule has 0 saturated carbocycles. The molecule has 0 unspecified atom stereocenters. The summed E-state index contributed by atoms with van der Waals surface area (Å²) >= 11 is 3.30. The van der Waals surface area contributed by atoms with Gasteiger partial charge >= 0.3 is 0 Å². The lowest BCUT2D eigenvalue weighted by molar-refractivity contribution is 0.102. The van der Waals surface area contributed by atoms with Crippen molar-refractivity contribution in [2.45, 2.75) is 0 Å². The van der Waals surface area contributed by atoms with Crippen LogP contribution in [0.3, 0.4) is 0 Å². The number of carbonyl (C=O) groups excluding carboxylic acids is 1. The van der Waals surface area contributed by atoms with E-state index in [1.165, 1.54) is 0 Å². The van der Waals surface area contributed by atoms with Crippen molar-refractivity contribution in [1.82, 2.24) is 9.55 Å². The van der Waals surface area contributed by atoms with Crippen LogP contribution in [0.15, 0.2) is 35.1 Å². The van der Waals surface area contributed by atoms with Crippen molar-refractivity contribution in [2.24, 2.45) is 7.05 Å². The van der Waals surface area contributed by atoms with E-state index in [9.17, 15) is 4.79 Å². The summed E-state index contributed by atoms with van der Waals surface area (Å²) in [5.41, 5.74) is 6.76. The molecule has 1 aromatic heterocycles. The van der Waals surface area contributed by atoms with Gasteiger partial charge in [0.25, 0.3) is 0 Å². The van der Waals surface area contributed by atoms with Crippen LogP contribution in [-0.2, 0) is 7.05 Å². The first kappa shape index (κ1) is 10.9. The molecule has 1 aromatic carbocycles. The fourth-order valence-corrected chi connectivity index (χ4v) is 1.97. The van der Waals surface area contributed by atoms with E-state index in [1.807, 2.05) is 0 Å². The zero-order valence-electron chi connectivity index (χ0n) is 8.64.